The first kappa shape index (κ1) is 16.2. The van der Waals surface area contributed by atoms with Crippen LogP contribution in [0, 0.1) is 5.92 Å². The van der Waals surface area contributed by atoms with Crippen LogP contribution >= 0.6 is 11.6 Å². The third-order valence-electron chi connectivity index (χ3n) is 2.29. The summed E-state index contributed by atoms with van der Waals surface area (Å²) in [4.78, 5) is 23.1. The van der Waals surface area contributed by atoms with Crippen LogP contribution < -0.4 is 10.7 Å². The number of halogens is 1. The number of amides is 2. The quantitative estimate of drug-likeness (QED) is 0.626. The van der Waals surface area contributed by atoms with E-state index in [0.29, 0.717) is 10.7 Å². The van der Waals surface area contributed by atoms with Crippen LogP contribution in [0.1, 0.15) is 26.7 Å². The van der Waals surface area contributed by atoms with Gasteiger partial charge in [0.25, 0.3) is 0 Å². The molecule has 0 unspecified atom stereocenters. The van der Waals surface area contributed by atoms with Gasteiger partial charge in [-0.15, -0.1) is 0 Å². The highest BCUT2D eigenvalue weighted by molar-refractivity contribution is 6.33. The normalized spacial score (nSPS) is 10.8. The molecule has 20 heavy (non-hydrogen) atoms. The monoisotopic (exact) mass is 295 g/mol. The van der Waals surface area contributed by atoms with Crippen molar-refractivity contribution in [2.45, 2.75) is 26.7 Å². The minimum Gasteiger partial charge on any atom is -0.325 e. The predicted octanol–water partition coefficient (Wildman–Crippen LogP) is 2.82. The maximum Gasteiger partial charge on any atom is 0.240 e. The molecule has 6 heteroatoms. The van der Waals surface area contributed by atoms with Gasteiger partial charge in [0.2, 0.25) is 11.8 Å². The van der Waals surface area contributed by atoms with Gasteiger partial charge in [-0.3, -0.25) is 9.59 Å². The summed E-state index contributed by atoms with van der Waals surface area (Å²) in [5.74, 6) is -0.295. The second-order valence-corrected chi connectivity index (χ2v) is 4.99. The van der Waals surface area contributed by atoms with Gasteiger partial charge < -0.3 is 5.32 Å². The number of para-hydroxylation sites is 1. The Morgan fingerprint density at radius 2 is 1.90 bits per heavy atom. The summed E-state index contributed by atoms with van der Waals surface area (Å²) in [7, 11) is 0. The summed E-state index contributed by atoms with van der Waals surface area (Å²) in [6, 6.07) is 6.94. The summed E-state index contributed by atoms with van der Waals surface area (Å²) in [5.41, 5.74) is 2.91. The van der Waals surface area contributed by atoms with E-state index in [-0.39, 0.29) is 30.6 Å². The Kier molecular flexibility index (Phi) is 6.73. The first-order valence-electron chi connectivity index (χ1n) is 6.35. The van der Waals surface area contributed by atoms with Crippen molar-refractivity contribution in [2.75, 3.05) is 5.32 Å². The summed E-state index contributed by atoms with van der Waals surface area (Å²) >= 11 is 5.92. The fourth-order valence-electron chi connectivity index (χ4n) is 1.32. The average molecular weight is 296 g/mol. The molecule has 0 aromatic heterocycles. The Labute approximate surface area is 123 Å². The van der Waals surface area contributed by atoms with Crippen LogP contribution in [0.15, 0.2) is 29.4 Å². The number of benzene rings is 1. The van der Waals surface area contributed by atoms with Gasteiger partial charge in [-0.05, 0) is 18.1 Å². The summed E-state index contributed by atoms with van der Waals surface area (Å²) in [6.45, 7) is 3.90. The number of anilines is 1. The van der Waals surface area contributed by atoms with Crippen LogP contribution in [0.25, 0.3) is 0 Å². The lowest BCUT2D eigenvalue weighted by molar-refractivity contribution is -0.124. The topological polar surface area (TPSA) is 70.6 Å². The van der Waals surface area contributed by atoms with Crippen molar-refractivity contribution in [3.05, 3.63) is 29.3 Å². The minimum atomic E-state index is -0.295. The van der Waals surface area contributed by atoms with Crippen molar-refractivity contribution < 1.29 is 9.59 Å². The Hall–Kier alpha value is -1.88. The highest BCUT2D eigenvalue weighted by atomic mass is 35.5. The molecule has 1 aromatic rings. The maximum atomic E-state index is 11.7. The molecule has 1 rings (SSSR count). The molecule has 0 bridgehead atoms. The molecule has 2 amide bonds. The zero-order valence-corrected chi connectivity index (χ0v) is 12.3. The van der Waals surface area contributed by atoms with Crippen molar-refractivity contribution in [2.24, 2.45) is 11.0 Å². The molecule has 0 fully saturated rings. The lowest BCUT2D eigenvalue weighted by Crippen LogP contribution is -2.21. The molecule has 1 aromatic carbocycles. The van der Waals surface area contributed by atoms with E-state index in [0.717, 1.165) is 0 Å². The van der Waals surface area contributed by atoms with Gasteiger partial charge in [-0.1, -0.05) is 37.6 Å². The van der Waals surface area contributed by atoms with Crippen LogP contribution in [-0.2, 0) is 9.59 Å². The maximum absolute atomic E-state index is 11.7. The van der Waals surface area contributed by atoms with E-state index in [2.05, 4.69) is 15.8 Å². The number of nitrogens with zero attached hydrogens (tertiary/aromatic N) is 1. The van der Waals surface area contributed by atoms with Gasteiger partial charge >= 0.3 is 0 Å². The predicted molar refractivity (Wildman–Crippen MR) is 80.8 cm³/mol. The number of hydrazone groups is 1. The second-order valence-electron chi connectivity index (χ2n) is 4.59. The van der Waals surface area contributed by atoms with E-state index in [1.807, 2.05) is 13.8 Å². The van der Waals surface area contributed by atoms with Crippen molar-refractivity contribution in [3.63, 3.8) is 0 Å². The van der Waals surface area contributed by atoms with Gasteiger partial charge in [-0.25, -0.2) is 5.43 Å². The minimum absolute atomic E-state index is 0.0751. The second kappa shape index (κ2) is 8.32. The van der Waals surface area contributed by atoms with Gasteiger partial charge in [0, 0.05) is 19.1 Å². The van der Waals surface area contributed by atoms with Crippen LogP contribution in [0.5, 0.6) is 0 Å². The third-order valence-corrected chi connectivity index (χ3v) is 2.62. The largest absolute Gasteiger partial charge is 0.325 e. The summed E-state index contributed by atoms with van der Waals surface area (Å²) in [5, 5.41) is 6.88. The van der Waals surface area contributed by atoms with E-state index in [1.165, 1.54) is 0 Å². The molecule has 0 radical (unpaired) electrons. The molecule has 0 saturated carbocycles. The third kappa shape index (κ3) is 6.33. The molecule has 0 heterocycles. The number of carbonyl (C=O) groups is 2. The molecule has 0 saturated heterocycles. The fraction of sp³-hybridized carbons (Fsp3) is 0.357. The number of carbonyl (C=O) groups excluding carboxylic acids is 2. The number of nitrogens with one attached hydrogen (secondary N) is 2. The molecule has 0 atom stereocenters. The fourth-order valence-corrected chi connectivity index (χ4v) is 1.50. The molecule has 108 valence electrons. The SMILES string of the molecule is CC(C)/C=N/NC(=O)CCC(=O)Nc1ccccc1Cl. The standard InChI is InChI=1S/C14H18ClN3O2/c1-10(2)9-16-18-14(20)8-7-13(19)17-12-6-4-3-5-11(12)15/h3-6,9-10H,7-8H2,1-2H3,(H,17,19)(H,18,20)/b16-9+. The van der Waals surface area contributed by atoms with Crippen LogP contribution in [0.4, 0.5) is 5.69 Å². The first-order chi connectivity index (χ1) is 9.49. The number of hydrogen-bond donors (Lipinski definition) is 2. The Bertz CT molecular complexity index is 501. The first-order valence-corrected chi connectivity index (χ1v) is 6.73. The van der Waals surface area contributed by atoms with Crippen molar-refractivity contribution in [1.82, 2.24) is 5.43 Å². The molecule has 0 spiro atoms. The lowest BCUT2D eigenvalue weighted by atomic mass is 10.2. The molecule has 0 aliphatic rings. The Balaban J connectivity index is 2.33. The molecule has 5 nitrogen and oxygen atoms in total. The van der Waals surface area contributed by atoms with E-state index in [1.54, 1.807) is 30.5 Å². The zero-order valence-electron chi connectivity index (χ0n) is 11.5. The van der Waals surface area contributed by atoms with E-state index >= 15 is 0 Å². The van der Waals surface area contributed by atoms with E-state index in [4.69, 9.17) is 11.6 Å². The Morgan fingerprint density at radius 1 is 1.25 bits per heavy atom. The Morgan fingerprint density at radius 3 is 2.55 bits per heavy atom. The highest BCUT2D eigenvalue weighted by Gasteiger charge is 2.08. The van der Waals surface area contributed by atoms with Crippen molar-refractivity contribution >= 4 is 35.3 Å². The molecule has 0 aliphatic heterocycles. The van der Waals surface area contributed by atoms with Crippen LogP contribution in [0.3, 0.4) is 0 Å². The van der Waals surface area contributed by atoms with E-state index in [9.17, 15) is 9.59 Å². The summed E-state index contributed by atoms with van der Waals surface area (Å²) in [6.07, 6.45) is 1.78. The molecular weight excluding hydrogens is 278 g/mol. The van der Waals surface area contributed by atoms with Gasteiger partial charge in [-0.2, -0.15) is 5.10 Å². The van der Waals surface area contributed by atoms with Crippen LogP contribution in [-0.4, -0.2) is 18.0 Å². The van der Waals surface area contributed by atoms with Crippen molar-refractivity contribution in [1.29, 1.82) is 0 Å². The summed E-state index contributed by atoms with van der Waals surface area (Å²) < 4.78 is 0. The van der Waals surface area contributed by atoms with Crippen LogP contribution in [0.2, 0.25) is 5.02 Å². The molecule has 0 aliphatic carbocycles. The smallest absolute Gasteiger partial charge is 0.240 e. The number of rotatable bonds is 6. The highest BCUT2D eigenvalue weighted by Crippen LogP contribution is 2.20. The van der Waals surface area contributed by atoms with Gasteiger partial charge in [0.15, 0.2) is 0 Å². The molecular formula is C14H18ClN3O2. The van der Waals surface area contributed by atoms with Gasteiger partial charge in [0.1, 0.15) is 0 Å². The lowest BCUT2D eigenvalue weighted by Gasteiger charge is -2.06. The average Bonchev–Trinajstić information content (AvgIpc) is 2.39. The zero-order chi connectivity index (χ0) is 15.0. The van der Waals surface area contributed by atoms with Gasteiger partial charge in [0.05, 0.1) is 10.7 Å². The number of hydrogen-bond acceptors (Lipinski definition) is 3. The van der Waals surface area contributed by atoms with E-state index < -0.39 is 0 Å². The molecule has 2 N–H and O–H groups in total. The van der Waals surface area contributed by atoms with Crippen molar-refractivity contribution in [3.8, 4) is 0 Å².